The molecule has 0 aliphatic carbocycles. The van der Waals surface area contributed by atoms with Crippen molar-refractivity contribution in [3.05, 3.63) is 35.4 Å². The van der Waals surface area contributed by atoms with Crippen molar-refractivity contribution >= 4 is 5.97 Å². The molecule has 1 fully saturated rings. The number of hydrogen-bond donors (Lipinski definition) is 0. The van der Waals surface area contributed by atoms with Crippen molar-refractivity contribution in [1.29, 1.82) is 0 Å². The van der Waals surface area contributed by atoms with Crippen LogP contribution in [-0.4, -0.2) is 25.3 Å². The molecule has 3 nitrogen and oxygen atoms in total. The molecule has 17 heavy (non-hydrogen) atoms. The number of epoxide rings is 1. The van der Waals surface area contributed by atoms with Gasteiger partial charge >= 0.3 is 5.97 Å². The zero-order valence-corrected chi connectivity index (χ0v) is 10.1. The van der Waals surface area contributed by atoms with Crippen LogP contribution in [0.15, 0.2) is 24.3 Å². The summed E-state index contributed by atoms with van der Waals surface area (Å²) in [5.74, 6) is -0.262. The van der Waals surface area contributed by atoms with Gasteiger partial charge in [0.1, 0.15) is 12.7 Å². The highest BCUT2D eigenvalue weighted by atomic mass is 16.6. The molecule has 0 saturated carbocycles. The summed E-state index contributed by atoms with van der Waals surface area (Å²) >= 11 is 0. The Bertz CT molecular complexity index is 366. The van der Waals surface area contributed by atoms with Gasteiger partial charge in [0, 0.05) is 0 Å². The number of carbonyl (C=O) groups excluding carboxylic acids is 1. The molecule has 0 aromatic heterocycles. The summed E-state index contributed by atoms with van der Waals surface area (Å²) in [6.07, 6.45) is 3.57. The Labute approximate surface area is 102 Å². The van der Waals surface area contributed by atoms with Crippen LogP contribution in [0.25, 0.3) is 0 Å². The second-order valence-electron chi connectivity index (χ2n) is 4.35. The van der Waals surface area contributed by atoms with Crippen LogP contribution in [0.2, 0.25) is 0 Å². The number of hydrogen-bond acceptors (Lipinski definition) is 3. The molecule has 1 aliphatic heterocycles. The molecule has 0 spiro atoms. The zero-order valence-electron chi connectivity index (χ0n) is 10.1. The van der Waals surface area contributed by atoms with Gasteiger partial charge in [0.25, 0.3) is 0 Å². The first-order valence-electron chi connectivity index (χ1n) is 6.17. The van der Waals surface area contributed by atoms with Crippen LogP contribution in [0.5, 0.6) is 0 Å². The zero-order chi connectivity index (χ0) is 12.1. The lowest BCUT2D eigenvalue weighted by molar-refractivity contribution is 0.0476. The van der Waals surface area contributed by atoms with E-state index in [9.17, 15) is 4.79 Å². The summed E-state index contributed by atoms with van der Waals surface area (Å²) < 4.78 is 10.1. The Hall–Kier alpha value is -1.35. The Balaban J connectivity index is 1.84. The lowest BCUT2D eigenvalue weighted by atomic mass is 10.1. The van der Waals surface area contributed by atoms with Crippen molar-refractivity contribution in [2.24, 2.45) is 0 Å². The number of ether oxygens (including phenoxy) is 2. The molecule has 3 heteroatoms. The van der Waals surface area contributed by atoms with E-state index >= 15 is 0 Å². The molecule has 1 saturated heterocycles. The molecule has 2 rings (SSSR count). The van der Waals surface area contributed by atoms with E-state index in [1.807, 2.05) is 24.3 Å². The molecule has 0 radical (unpaired) electrons. The molecular weight excluding hydrogens is 216 g/mol. The van der Waals surface area contributed by atoms with E-state index in [1.165, 1.54) is 18.4 Å². The van der Waals surface area contributed by atoms with Crippen LogP contribution in [0.3, 0.4) is 0 Å². The fourth-order valence-corrected chi connectivity index (χ4v) is 1.60. The minimum absolute atomic E-state index is 0.128. The fourth-order valence-electron chi connectivity index (χ4n) is 1.60. The second-order valence-corrected chi connectivity index (χ2v) is 4.35. The van der Waals surface area contributed by atoms with E-state index in [0.29, 0.717) is 18.8 Å². The first-order valence-corrected chi connectivity index (χ1v) is 6.17. The third kappa shape index (κ3) is 3.86. The number of rotatable bonds is 6. The van der Waals surface area contributed by atoms with E-state index in [4.69, 9.17) is 9.47 Å². The Morgan fingerprint density at radius 2 is 2.12 bits per heavy atom. The molecule has 1 atom stereocenters. The fraction of sp³-hybridized carbons (Fsp3) is 0.500. The predicted molar refractivity (Wildman–Crippen MR) is 65.1 cm³/mol. The molecular formula is C14H18O3. The smallest absolute Gasteiger partial charge is 0.338 e. The Morgan fingerprint density at radius 3 is 2.71 bits per heavy atom. The SMILES string of the molecule is CCCCc1ccc(C(=O)OCC2CO2)cc1. The van der Waals surface area contributed by atoms with Crippen LogP contribution in [-0.2, 0) is 15.9 Å². The maximum absolute atomic E-state index is 11.6. The van der Waals surface area contributed by atoms with Gasteiger partial charge in [-0.25, -0.2) is 4.79 Å². The highest BCUT2D eigenvalue weighted by Crippen LogP contribution is 2.12. The second kappa shape index (κ2) is 5.82. The molecule has 1 unspecified atom stereocenters. The lowest BCUT2D eigenvalue weighted by Gasteiger charge is -2.04. The summed E-state index contributed by atoms with van der Waals surface area (Å²) in [6, 6.07) is 7.67. The number of esters is 1. The van der Waals surface area contributed by atoms with E-state index < -0.39 is 0 Å². The molecule has 1 heterocycles. The van der Waals surface area contributed by atoms with Crippen molar-refractivity contribution < 1.29 is 14.3 Å². The quantitative estimate of drug-likeness (QED) is 0.561. The van der Waals surface area contributed by atoms with E-state index in [-0.39, 0.29) is 12.1 Å². The summed E-state index contributed by atoms with van der Waals surface area (Å²) in [5, 5.41) is 0. The van der Waals surface area contributed by atoms with Crippen LogP contribution >= 0.6 is 0 Å². The number of unbranched alkanes of at least 4 members (excludes halogenated alkanes) is 1. The van der Waals surface area contributed by atoms with Gasteiger partial charge in [0.05, 0.1) is 12.2 Å². The molecule has 0 amide bonds. The summed E-state index contributed by atoms with van der Waals surface area (Å²) in [6.45, 7) is 3.26. The molecule has 0 N–H and O–H groups in total. The standard InChI is InChI=1S/C14H18O3/c1-2-3-4-11-5-7-12(8-6-11)14(15)17-10-13-9-16-13/h5-8,13H,2-4,9-10H2,1H3. The first-order chi connectivity index (χ1) is 8.29. The maximum Gasteiger partial charge on any atom is 0.338 e. The van der Waals surface area contributed by atoms with Crippen LogP contribution in [0.1, 0.15) is 35.7 Å². The number of aryl methyl sites for hydroxylation is 1. The van der Waals surface area contributed by atoms with Gasteiger partial charge in [0.15, 0.2) is 0 Å². The number of benzene rings is 1. The van der Waals surface area contributed by atoms with Gasteiger partial charge in [-0.1, -0.05) is 25.5 Å². The normalized spacial score (nSPS) is 17.8. The van der Waals surface area contributed by atoms with Crippen molar-refractivity contribution in [1.82, 2.24) is 0 Å². The van der Waals surface area contributed by atoms with Crippen LogP contribution in [0, 0.1) is 0 Å². The Morgan fingerprint density at radius 1 is 1.41 bits per heavy atom. The topological polar surface area (TPSA) is 38.8 Å². The number of carbonyl (C=O) groups is 1. The molecule has 1 aromatic carbocycles. The van der Waals surface area contributed by atoms with Gasteiger partial charge < -0.3 is 9.47 Å². The van der Waals surface area contributed by atoms with Crippen molar-refractivity contribution in [2.75, 3.05) is 13.2 Å². The van der Waals surface area contributed by atoms with E-state index in [1.54, 1.807) is 0 Å². The Kier molecular flexibility index (Phi) is 4.15. The third-order valence-corrected chi connectivity index (χ3v) is 2.81. The monoisotopic (exact) mass is 234 g/mol. The summed E-state index contributed by atoms with van der Waals surface area (Å²) in [4.78, 5) is 11.6. The average Bonchev–Trinajstić information content (AvgIpc) is 3.18. The minimum atomic E-state index is -0.262. The molecule has 1 aliphatic rings. The van der Waals surface area contributed by atoms with Gasteiger partial charge in [-0.05, 0) is 30.5 Å². The van der Waals surface area contributed by atoms with Crippen LogP contribution < -0.4 is 0 Å². The maximum atomic E-state index is 11.6. The highest BCUT2D eigenvalue weighted by Gasteiger charge is 2.24. The summed E-state index contributed by atoms with van der Waals surface area (Å²) in [7, 11) is 0. The molecule has 92 valence electrons. The average molecular weight is 234 g/mol. The highest BCUT2D eigenvalue weighted by molar-refractivity contribution is 5.89. The molecule has 1 aromatic rings. The largest absolute Gasteiger partial charge is 0.459 e. The van der Waals surface area contributed by atoms with Crippen molar-refractivity contribution in [2.45, 2.75) is 32.3 Å². The van der Waals surface area contributed by atoms with Crippen molar-refractivity contribution in [3.8, 4) is 0 Å². The predicted octanol–water partition coefficient (Wildman–Crippen LogP) is 2.58. The first kappa shape index (κ1) is 12.1. The van der Waals surface area contributed by atoms with Gasteiger partial charge in [-0.15, -0.1) is 0 Å². The third-order valence-electron chi connectivity index (χ3n) is 2.81. The summed E-state index contributed by atoms with van der Waals surface area (Å²) in [5.41, 5.74) is 1.89. The van der Waals surface area contributed by atoms with E-state index in [2.05, 4.69) is 6.92 Å². The van der Waals surface area contributed by atoms with Gasteiger partial charge in [0.2, 0.25) is 0 Å². The van der Waals surface area contributed by atoms with E-state index in [0.717, 1.165) is 6.42 Å². The minimum Gasteiger partial charge on any atom is -0.459 e. The molecule has 0 bridgehead atoms. The van der Waals surface area contributed by atoms with Crippen molar-refractivity contribution in [3.63, 3.8) is 0 Å². The van der Waals surface area contributed by atoms with Gasteiger partial charge in [-0.3, -0.25) is 0 Å². The van der Waals surface area contributed by atoms with Gasteiger partial charge in [-0.2, -0.15) is 0 Å². The van der Waals surface area contributed by atoms with Crippen LogP contribution in [0.4, 0.5) is 0 Å². The lowest BCUT2D eigenvalue weighted by Crippen LogP contribution is -2.09.